The normalized spacial score (nSPS) is 16.8. The highest BCUT2D eigenvalue weighted by Gasteiger charge is 2.28. The number of rotatable bonds is 13. The van der Waals surface area contributed by atoms with Crippen molar-refractivity contribution >= 4 is 41.1 Å². The number of ether oxygens (including phenoxy) is 2. The van der Waals surface area contributed by atoms with Crippen molar-refractivity contribution in [3.05, 3.63) is 131 Å². The number of halogens is 1. The zero-order valence-corrected chi connectivity index (χ0v) is 27.4. The van der Waals surface area contributed by atoms with Gasteiger partial charge in [0, 0.05) is 40.4 Å². The van der Waals surface area contributed by atoms with Crippen LogP contribution in [0.2, 0.25) is 5.02 Å². The summed E-state index contributed by atoms with van der Waals surface area (Å²) in [5.74, 6) is 0.427. The van der Waals surface area contributed by atoms with Crippen molar-refractivity contribution in [3.63, 3.8) is 0 Å². The first-order chi connectivity index (χ1) is 22.5. The molecule has 7 nitrogen and oxygen atoms in total. The summed E-state index contributed by atoms with van der Waals surface area (Å²) in [5.41, 5.74) is 3.85. The number of nitrogens with one attached hydrogen (secondary N) is 3. The van der Waals surface area contributed by atoms with Gasteiger partial charge in [0.2, 0.25) is 5.91 Å². The van der Waals surface area contributed by atoms with E-state index < -0.39 is 12.1 Å². The molecule has 5 rings (SSSR count). The number of methoxy groups -OCH3 is 1. The number of para-hydroxylation sites is 1. The van der Waals surface area contributed by atoms with Crippen LogP contribution >= 0.6 is 23.4 Å². The molecule has 0 radical (unpaired) electrons. The van der Waals surface area contributed by atoms with Crippen molar-refractivity contribution in [2.45, 2.75) is 48.3 Å². The molecule has 4 aromatic rings. The van der Waals surface area contributed by atoms with Crippen LogP contribution in [-0.2, 0) is 20.7 Å². The molecule has 0 aliphatic carbocycles. The lowest BCUT2D eigenvalue weighted by Gasteiger charge is -2.31. The second-order valence-corrected chi connectivity index (χ2v) is 12.8. The average Bonchev–Trinajstić information content (AvgIpc) is 3.10. The Morgan fingerprint density at radius 3 is 2.20 bits per heavy atom. The SMILES string of the molecule is COC(=O)N[C@@H](CC(c1ccccc1)c1ccccc1)C(=O)Nc1ccccc1CCC1CNC[C@@H](CSc2ccc(Cl)cc2)O1. The van der Waals surface area contributed by atoms with Crippen LogP contribution in [0.15, 0.2) is 114 Å². The Kier molecular flexibility index (Phi) is 12.5. The van der Waals surface area contributed by atoms with Crippen molar-refractivity contribution < 1.29 is 19.1 Å². The van der Waals surface area contributed by atoms with Crippen LogP contribution in [-0.4, -0.2) is 56.2 Å². The summed E-state index contributed by atoms with van der Waals surface area (Å²) in [7, 11) is 1.30. The van der Waals surface area contributed by atoms with E-state index in [9.17, 15) is 9.59 Å². The molecule has 1 aliphatic heterocycles. The van der Waals surface area contributed by atoms with Crippen LogP contribution in [0.5, 0.6) is 0 Å². The molecular weight excluding hydrogens is 618 g/mol. The number of morpholine rings is 1. The van der Waals surface area contributed by atoms with E-state index in [-0.39, 0.29) is 24.0 Å². The van der Waals surface area contributed by atoms with E-state index in [2.05, 4.69) is 16.0 Å². The van der Waals surface area contributed by atoms with Gasteiger partial charge < -0.3 is 25.4 Å². The quantitative estimate of drug-likeness (QED) is 0.131. The van der Waals surface area contributed by atoms with Gasteiger partial charge in [-0.15, -0.1) is 11.8 Å². The van der Waals surface area contributed by atoms with Gasteiger partial charge in [-0.05, 0) is 66.3 Å². The molecule has 4 aromatic carbocycles. The topological polar surface area (TPSA) is 88.7 Å². The molecule has 9 heteroatoms. The average molecular weight is 658 g/mol. The Labute approximate surface area is 280 Å². The van der Waals surface area contributed by atoms with Crippen molar-refractivity contribution in [2.24, 2.45) is 0 Å². The predicted molar refractivity (Wildman–Crippen MR) is 186 cm³/mol. The summed E-state index contributed by atoms with van der Waals surface area (Å²) in [4.78, 5) is 27.4. The number of thioether (sulfide) groups is 1. The fraction of sp³-hybridized carbons (Fsp3) is 0.297. The maximum atomic E-state index is 13.8. The number of hydrogen-bond acceptors (Lipinski definition) is 6. The summed E-state index contributed by atoms with van der Waals surface area (Å²) in [6.45, 7) is 1.59. The van der Waals surface area contributed by atoms with Crippen LogP contribution < -0.4 is 16.0 Å². The molecule has 1 aliphatic rings. The Morgan fingerprint density at radius 1 is 0.891 bits per heavy atom. The predicted octanol–water partition coefficient (Wildman–Crippen LogP) is 7.31. The summed E-state index contributed by atoms with van der Waals surface area (Å²) in [6, 6.07) is 34.9. The molecule has 1 unspecified atom stereocenters. The molecule has 2 amide bonds. The Hall–Kier alpha value is -3.82. The van der Waals surface area contributed by atoms with Crippen LogP contribution in [0, 0.1) is 0 Å². The van der Waals surface area contributed by atoms with Gasteiger partial charge in [0.1, 0.15) is 6.04 Å². The second kappa shape index (κ2) is 17.2. The van der Waals surface area contributed by atoms with E-state index in [4.69, 9.17) is 21.1 Å². The summed E-state index contributed by atoms with van der Waals surface area (Å²) in [5, 5.41) is 10.1. The first-order valence-electron chi connectivity index (χ1n) is 15.6. The van der Waals surface area contributed by atoms with Gasteiger partial charge in [0.05, 0.1) is 19.3 Å². The molecule has 3 atom stereocenters. The van der Waals surface area contributed by atoms with Crippen molar-refractivity contribution in [3.8, 4) is 0 Å². The molecular formula is C37H40ClN3O4S. The minimum absolute atomic E-state index is 0.0552. The van der Waals surface area contributed by atoms with E-state index in [0.717, 1.165) is 59.1 Å². The third-order valence-electron chi connectivity index (χ3n) is 8.06. The largest absolute Gasteiger partial charge is 0.453 e. The maximum absolute atomic E-state index is 13.8. The van der Waals surface area contributed by atoms with E-state index >= 15 is 0 Å². The van der Waals surface area contributed by atoms with Crippen molar-refractivity contribution in [2.75, 3.05) is 31.3 Å². The summed E-state index contributed by atoms with van der Waals surface area (Å²) >= 11 is 7.78. The van der Waals surface area contributed by atoms with Gasteiger partial charge in [0.15, 0.2) is 0 Å². The van der Waals surface area contributed by atoms with E-state index in [1.54, 1.807) is 11.8 Å². The molecule has 46 heavy (non-hydrogen) atoms. The molecule has 1 saturated heterocycles. The van der Waals surface area contributed by atoms with E-state index in [1.165, 1.54) is 12.0 Å². The fourth-order valence-electron chi connectivity index (χ4n) is 5.66. The van der Waals surface area contributed by atoms with Gasteiger partial charge >= 0.3 is 6.09 Å². The summed E-state index contributed by atoms with van der Waals surface area (Å²) < 4.78 is 11.3. The van der Waals surface area contributed by atoms with Gasteiger partial charge in [-0.1, -0.05) is 90.5 Å². The van der Waals surface area contributed by atoms with Crippen LogP contribution in [0.4, 0.5) is 10.5 Å². The number of alkyl carbamates (subject to hydrolysis) is 1. The van der Waals surface area contributed by atoms with Crippen molar-refractivity contribution in [1.29, 1.82) is 0 Å². The van der Waals surface area contributed by atoms with E-state index in [0.29, 0.717) is 6.42 Å². The molecule has 0 saturated carbocycles. The Bertz CT molecular complexity index is 1500. The standard InChI is InChI=1S/C37H40ClN3O4S/c1-44-37(43)41-35(22-33(26-10-4-2-5-11-26)27-12-6-3-7-13-27)36(42)40-34-15-9-8-14-28(34)16-19-30-23-39-24-31(45-30)25-46-32-20-17-29(38)18-21-32/h2-15,17-18,20-21,30-31,33,35,39H,16,19,22-25H2,1H3,(H,40,42)(H,41,43)/t30?,31-,35-/m0/s1. The Morgan fingerprint density at radius 2 is 1.52 bits per heavy atom. The number of hydrogen-bond donors (Lipinski definition) is 3. The van der Waals surface area contributed by atoms with Crippen LogP contribution in [0.25, 0.3) is 0 Å². The molecule has 0 spiro atoms. The fourth-order valence-corrected chi connectivity index (χ4v) is 6.69. The first-order valence-corrected chi connectivity index (χ1v) is 16.9. The smallest absolute Gasteiger partial charge is 0.407 e. The van der Waals surface area contributed by atoms with Gasteiger partial charge in [-0.25, -0.2) is 4.79 Å². The highest BCUT2D eigenvalue weighted by atomic mass is 35.5. The summed E-state index contributed by atoms with van der Waals surface area (Å²) in [6.07, 6.45) is 1.38. The number of amides is 2. The number of anilines is 1. The second-order valence-electron chi connectivity index (χ2n) is 11.3. The molecule has 1 fully saturated rings. The van der Waals surface area contributed by atoms with E-state index in [1.807, 2.05) is 109 Å². The molecule has 240 valence electrons. The zero-order valence-electron chi connectivity index (χ0n) is 25.9. The lowest BCUT2D eigenvalue weighted by Crippen LogP contribution is -2.46. The number of benzene rings is 4. The molecule has 0 aromatic heterocycles. The Balaban J connectivity index is 1.23. The monoisotopic (exact) mass is 657 g/mol. The molecule has 3 N–H and O–H groups in total. The lowest BCUT2D eigenvalue weighted by molar-refractivity contribution is -0.118. The number of aryl methyl sites for hydroxylation is 1. The number of carbonyl (C=O) groups excluding carboxylic acids is 2. The van der Waals surface area contributed by atoms with Crippen LogP contribution in [0.1, 0.15) is 35.4 Å². The number of carbonyl (C=O) groups is 2. The lowest BCUT2D eigenvalue weighted by atomic mass is 9.85. The maximum Gasteiger partial charge on any atom is 0.407 e. The molecule has 1 heterocycles. The minimum Gasteiger partial charge on any atom is -0.453 e. The van der Waals surface area contributed by atoms with Gasteiger partial charge in [-0.3, -0.25) is 4.79 Å². The van der Waals surface area contributed by atoms with Crippen LogP contribution in [0.3, 0.4) is 0 Å². The first kappa shape index (κ1) is 33.5. The highest BCUT2D eigenvalue weighted by Crippen LogP contribution is 2.30. The van der Waals surface area contributed by atoms with Crippen molar-refractivity contribution in [1.82, 2.24) is 10.6 Å². The highest BCUT2D eigenvalue weighted by molar-refractivity contribution is 7.99. The molecule has 0 bridgehead atoms. The third kappa shape index (κ3) is 9.84. The van der Waals surface area contributed by atoms with Gasteiger partial charge in [-0.2, -0.15) is 0 Å². The zero-order chi connectivity index (χ0) is 32.1. The van der Waals surface area contributed by atoms with Gasteiger partial charge in [0.25, 0.3) is 0 Å². The minimum atomic E-state index is -0.837. The third-order valence-corrected chi connectivity index (χ3v) is 9.45.